The molecule has 3 aliphatic rings. The van der Waals surface area contributed by atoms with Crippen LogP contribution in [0.5, 0.6) is 11.5 Å². The highest BCUT2D eigenvalue weighted by Gasteiger charge is 2.27. The van der Waals surface area contributed by atoms with Gasteiger partial charge in [0.25, 0.3) is 0 Å². The van der Waals surface area contributed by atoms with Crippen molar-refractivity contribution in [3.05, 3.63) is 47.8 Å². The number of nitrogens with zero attached hydrogens (tertiary/aromatic N) is 4. The average Bonchev–Trinajstić information content (AvgIpc) is 3.41. The van der Waals surface area contributed by atoms with Gasteiger partial charge in [-0.15, -0.1) is 0 Å². The molecule has 1 aromatic heterocycles. The van der Waals surface area contributed by atoms with Gasteiger partial charge in [-0.25, -0.2) is 9.97 Å². The fourth-order valence-corrected chi connectivity index (χ4v) is 5.73. The van der Waals surface area contributed by atoms with Crippen LogP contribution >= 0.6 is 0 Å². The minimum absolute atomic E-state index is 0.0798. The maximum absolute atomic E-state index is 11.5. The second kappa shape index (κ2) is 11.3. The van der Waals surface area contributed by atoms with Crippen molar-refractivity contribution < 1.29 is 14.6 Å². The lowest BCUT2D eigenvalue weighted by Crippen LogP contribution is -2.52. The number of carbonyl (C=O) groups excluding carboxylic acids is 1. The van der Waals surface area contributed by atoms with E-state index >= 15 is 0 Å². The average molecular weight is 504 g/mol. The van der Waals surface area contributed by atoms with Crippen LogP contribution < -0.4 is 10.1 Å². The number of nitrogens with one attached hydrogen (secondary N) is 1. The monoisotopic (exact) mass is 503 g/mol. The van der Waals surface area contributed by atoms with E-state index in [4.69, 9.17) is 4.74 Å². The summed E-state index contributed by atoms with van der Waals surface area (Å²) >= 11 is 0. The molecular formula is C29H37N5O3. The Bertz CT molecular complexity index is 1260. The SMILES string of the molecule is CN1CCN(C2CCCCC2)CC1=O.COc1cc2ncnc(Nc3cccc4c3CCC4)c2cc1O. The van der Waals surface area contributed by atoms with E-state index in [1.54, 1.807) is 12.1 Å². The summed E-state index contributed by atoms with van der Waals surface area (Å²) < 4.78 is 5.14. The van der Waals surface area contributed by atoms with E-state index in [2.05, 4.69) is 38.4 Å². The Balaban J connectivity index is 0.000000171. The Labute approximate surface area is 218 Å². The lowest BCUT2D eigenvalue weighted by atomic mass is 9.94. The van der Waals surface area contributed by atoms with Crippen LogP contribution in [0.3, 0.4) is 0 Å². The van der Waals surface area contributed by atoms with Gasteiger partial charge in [-0.1, -0.05) is 31.4 Å². The molecule has 37 heavy (non-hydrogen) atoms. The highest BCUT2D eigenvalue weighted by atomic mass is 16.5. The number of ether oxygens (including phenoxy) is 1. The maximum Gasteiger partial charge on any atom is 0.236 e. The van der Waals surface area contributed by atoms with Crippen molar-refractivity contribution in [2.45, 2.75) is 57.4 Å². The summed E-state index contributed by atoms with van der Waals surface area (Å²) in [5.41, 5.74) is 4.56. The summed E-state index contributed by atoms with van der Waals surface area (Å²) in [7, 11) is 3.43. The van der Waals surface area contributed by atoms with Crippen LogP contribution in [0, 0.1) is 0 Å². The molecule has 3 aromatic rings. The maximum atomic E-state index is 11.5. The Morgan fingerprint density at radius 2 is 1.89 bits per heavy atom. The number of amides is 1. The highest BCUT2D eigenvalue weighted by molar-refractivity contribution is 5.93. The van der Waals surface area contributed by atoms with Gasteiger partial charge in [-0.05, 0) is 55.4 Å². The van der Waals surface area contributed by atoms with Crippen molar-refractivity contribution in [1.29, 1.82) is 0 Å². The number of aryl methyl sites for hydroxylation is 1. The smallest absolute Gasteiger partial charge is 0.236 e. The largest absolute Gasteiger partial charge is 0.504 e. The second-order valence-corrected chi connectivity index (χ2v) is 10.3. The van der Waals surface area contributed by atoms with E-state index in [1.165, 1.54) is 63.1 Å². The minimum Gasteiger partial charge on any atom is -0.504 e. The van der Waals surface area contributed by atoms with Gasteiger partial charge in [-0.3, -0.25) is 9.69 Å². The molecule has 0 unspecified atom stereocenters. The van der Waals surface area contributed by atoms with E-state index in [0.717, 1.165) is 42.5 Å². The molecule has 1 saturated heterocycles. The van der Waals surface area contributed by atoms with Crippen LogP contribution in [0.1, 0.15) is 49.7 Å². The molecule has 2 fully saturated rings. The number of phenols is 1. The number of benzene rings is 2. The first-order valence-corrected chi connectivity index (χ1v) is 13.4. The van der Waals surface area contributed by atoms with Crippen LogP contribution in [-0.4, -0.2) is 70.6 Å². The fourth-order valence-electron chi connectivity index (χ4n) is 5.73. The van der Waals surface area contributed by atoms with Crippen molar-refractivity contribution >= 4 is 28.3 Å². The zero-order chi connectivity index (χ0) is 25.8. The number of carbonyl (C=O) groups is 1. The van der Waals surface area contributed by atoms with Gasteiger partial charge in [0.15, 0.2) is 11.5 Å². The van der Waals surface area contributed by atoms with Crippen molar-refractivity contribution in [3.8, 4) is 11.5 Å². The molecule has 1 aliphatic heterocycles. The van der Waals surface area contributed by atoms with Crippen molar-refractivity contribution in [3.63, 3.8) is 0 Å². The Hall–Kier alpha value is -3.39. The molecule has 1 saturated carbocycles. The topological polar surface area (TPSA) is 90.8 Å². The first-order valence-electron chi connectivity index (χ1n) is 13.4. The lowest BCUT2D eigenvalue weighted by molar-refractivity contribution is -0.135. The first kappa shape index (κ1) is 25.3. The molecule has 196 valence electrons. The van der Waals surface area contributed by atoms with Crippen LogP contribution in [0.4, 0.5) is 11.5 Å². The number of anilines is 2. The van der Waals surface area contributed by atoms with Gasteiger partial charge in [0.2, 0.25) is 5.91 Å². The summed E-state index contributed by atoms with van der Waals surface area (Å²) in [5, 5.41) is 14.2. The summed E-state index contributed by atoms with van der Waals surface area (Å²) in [4.78, 5) is 24.4. The third-order valence-electron chi connectivity index (χ3n) is 7.91. The molecule has 2 heterocycles. The van der Waals surface area contributed by atoms with E-state index in [0.29, 0.717) is 30.1 Å². The van der Waals surface area contributed by atoms with Crippen LogP contribution in [0.25, 0.3) is 10.9 Å². The number of rotatable bonds is 4. The molecule has 1 amide bonds. The molecule has 8 nitrogen and oxygen atoms in total. The standard InChI is InChI=1S/C18H17N3O2.C11H20N2O/c1-23-17-9-15-13(8-16(17)22)18(20-10-19-15)21-14-7-3-5-11-4-2-6-12(11)14;1-12-7-8-13(9-11(12)14)10-5-3-2-4-6-10/h3,5,7-10,22H,2,4,6H2,1H3,(H,19,20,21);10H,2-9H2,1H3. The summed E-state index contributed by atoms with van der Waals surface area (Å²) in [6.07, 6.45) is 11.6. The number of piperazine rings is 1. The summed E-state index contributed by atoms with van der Waals surface area (Å²) in [6, 6.07) is 10.4. The molecule has 0 bridgehead atoms. The van der Waals surface area contributed by atoms with Crippen LogP contribution in [0.2, 0.25) is 0 Å². The summed E-state index contributed by atoms with van der Waals surface area (Å²) in [5.74, 6) is 1.47. The van der Waals surface area contributed by atoms with Gasteiger partial charge < -0.3 is 20.1 Å². The molecule has 0 spiro atoms. The zero-order valence-corrected chi connectivity index (χ0v) is 21.9. The highest BCUT2D eigenvalue weighted by Crippen LogP contribution is 2.35. The number of likely N-dealkylation sites (N-methyl/N-ethyl adjacent to an activating group) is 1. The Morgan fingerprint density at radius 3 is 2.68 bits per heavy atom. The number of hydrogen-bond donors (Lipinski definition) is 2. The Morgan fingerprint density at radius 1 is 1.05 bits per heavy atom. The number of hydrogen-bond acceptors (Lipinski definition) is 7. The number of phenolic OH excluding ortho intramolecular Hbond substituents is 1. The van der Waals surface area contributed by atoms with Crippen LogP contribution in [0.15, 0.2) is 36.7 Å². The summed E-state index contributed by atoms with van der Waals surface area (Å²) in [6.45, 7) is 2.64. The Kier molecular flexibility index (Phi) is 7.74. The van der Waals surface area contributed by atoms with Gasteiger partial charge >= 0.3 is 0 Å². The predicted octanol–water partition coefficient (Wildman–Crippen LogP) is 4.67. The molecular weight excluding hydrogens is 466 g/mol. The first-order chi connectivity index (χ1) is 18.0. The van der Waals surface area contributed by atoms with E-state index in [-0.39, 0.29) is 5.75 Å². The van der Waals surface area contributed by atoms with E-state index in [9.17, 15) is 9.90 Å². The number of aromatic nitrogens is 2. The molecule has 2 N–H and O–H groups in total. The molecule has 2 aliphatic carbocycles. The van der Waals surface area contributed by atoms with Crippen molar-refractivity contribution in [2.75, 3.05) is 39.1 Å². The lowest BCUT2D eigenvalue weighted by Gasteiger charge is -2.39. The van der Waals surface area contributed by atoms with Crippen molar-refractivity contribution in [1.82, 2.24) is 19.8 Å². The molecule has 0 radical (unpaired) electrons. The quantitative estimate of drug-likeness (QED) is 0.535. The van der Waals surface area contributed by atoms with E-state index in [1.807, 2.05) is 11.9 Å². The third kappa shape index (κ3) is 5.64. The normalized spacial score (nSPS) is 18.3. The molecule has 2 aromatic carbocycles. The zero-order valence-electron chi connectivity index (χ0n) is 21.9. The number of aromatic hydroxyl groups is 1. The molecule has 8 heteroatoms. The van der Waals surface area contributed by atoms with Gasteiger partial charge in [-0.2, -0.15) is 0 Å². The second-order valence-electron chi connectivity index (χ2n) is 10.3. The van der Waals surface area contributed by atoms with Gasteiger partial charge in [0.05, 0.1) is 19.2 Å². The van der Waals surface area contributed by atoms with Crippen molar-refractivity contribution in [2.24, 2.45) is 0 Å². The number of methoxy groups -OCH3 is 1. The minimum atomic E-state index is 0.0798. The van der Waals surface area contributed by atoms with Gasteiger partial charge in [0, 0.05) is 43.3 Å². The van der Waals surface area contributed by atoms with Crippen LogP contribution in [-0.2, 0) is 17.6 Å². The molecule has 0 atom stereocenters. The predicted molar refractivity (Wildman–Crippen MR) is 146 cm³/mol. The fraction of sp³-hybridized carbons (Fsp3) is 0.483. The molecule has 6 rings (SSSR count). The van der Waals surface area contributed by atoms with E-state index < -0.39 is 0 Å². The van der Waals surface area contributed by atoms with Gasteiger partial charge in [0.1, 0.15) is 12.1 Å². The third-order valence-corrected chi connectivity index (χ3v) is 7.91. The number of fused-ring (bicyclic) bond motifs is 2.